The maximum absolute atomic E-state index is 14.5. The minimum absolute atomic E-state index is 0.0475. The zero-order valence-electron chi connectivity index (χ0n) is 22.4. The van der Waals surface area contributed by atoms with Gasteiger partial charge in [-0.05, 0) is 65.7 Å². The smallest absolute Gasteiger partial charge is 0.266 e. The molecule has 42 heavy (non-hydrogen) atoms. The van der Waals surface area contributed by atoms with Crippen molar-refractivity contribution in [1.82, 2.24) is 9.47 Å². The van der Waals surface area contributed by atoms with Crippen LogP contribution in [0.3, 0.4) is 0 Å². The van der Waals surface area contributed by atoms with Crippen molar-refractivity contribution < 1.29 is 13.2 Å². The van der Waals surface area contributed by atoms with Gasteiger partial charge >= 0.3 is 0 Å². The Morgan fingerprint density at radius 3 is 2.10 bits per heavy atom. The first-order valence-electron chi connectivity index (χ1n) is 13.4. The highest BCUT2D eigenvalue weighted by Crippen LogP contribution is 2.49. The van der Waals surface area contributed by atoms with E-state index < -0.39 is 22.1 Å². The van der Waals surface area contributed by atoms with Crippen molar-refractivity contribution in [3.8, 4) is 6.07 Å². The molecule has 11 heteroatoms. The number of hydrogen-bond acceptors (Lipinski definition) is 6. The second-order valence-corrected chi connectivity index (χ2v) is 12.9. The molecule has 3 heterocycles. The Kier molecular flexibility index (Phi) is 7.83. The standard InChI is InChI=1S/C31H26Cl2N4O4S/c32-25-9-4-22(5-10-25)29-30(23-6-11-26(33)12-7-23)37(42(39,40)27-3-1-2-21(18-27)19-34)28-13-8-24(31(38)36(28)29)20-35-14-16-41-17-15-35/h1-13,18,29-30H,14-17,20H2/t29-,30+/m1/s1. The van der Waals surface area contributed by atoms with Gasteiger partial charge < -0.3 is 4.74 Å². The maximum Gasteiger partial charge on any atom is 0.266 e. The fourth-order valence-electron chi connectivity index (χ4n) is 5.65. The number of hydrogen-bond donors (Lipinski definition) is 0. The van der Waals surface area contributed by atoms with Gasteiger partial charge in [0.25, 0.3) is 15.6 Å². The Morgan fingerprint density at radius 2 is 1.48 bits per heavy atom. The Morgan fingerprint density at radius 1 is 0.857 bits per heavy atom. The molecule has 2 aliphatic heterocycles. The van der Waals surface area contributed by atoms with E-state index in [-0.39, 0.29) is 21.8 Å². The molecule has 4 aromatic rings. The van der Waals surface area contributed by atoms with Crippen LogP contribution >= 0.6 is 23.2 Å². The summed E-state index contributed by atoms with van der Waals surface area (Å²) in [4.78, 5) is 16.4. The van der Waals surface area contributed by atoms with Crippen molar-refractivity contribution in [2.24, 2.45) is 0 Å². The fourth-order valence-corrected chi connectivity index (χ4v) is 7.58. The number of pyridine rings is 1. The first kappa shape index (κ1) is 28.5. The lowest BCUT2D eigenvalue weighted by Gasteiger charge is -2.29. The topological polar surface area (TPSA) is 95.6 Å². The molecular formula is C31H26Cl2N4O4S. The van der Waals surface area contributed by atoms with E-state index in [1.807, 2.05) is 18.2 Å². The molecule has 0 aliphatic carbocycles. The number of aromatic nitrogens is 1. The molecular weight excluding hydrogens is 595 g/mol. The van der Waals surface area contributed by atoms with E-state index in [0.29, 0.717) is 54.0 Å². The molecule has 1 aromatic heterocycles. The molecule has 2 aliphatic rings. The van der Waals surface area contributed by atoms with E-state index in [1.165, 1.54) is 22.5 Å². The number of benzene rings is 3. The number of halogens is 2. The van der Waals surface area contributed by atoms with Gasteiger partial charge in [-0.3, -0.25) is 14.3 Å². The number of anilines is 1. The van der Waals surface area contributed by atoms with E-state index in [0.717, 1.165) is 5.56 Å². The van der Waals surface area contributed by atoms with Crippen LogP contribution in [0.15, 0.2) is 94.6 Å². The van der Waals surface area contributed by atoms with Gasteiger partial charge in [-0.1, -0.05) is 53.5 Å². The van der Waals surface area contributed by atoms with Crippen LogP contribution in [0.25, 0.3) is 0 Å². The lowest BCUT2D eigenvalue weighted by Crippen LogP contribution is -2.38. The molecule has 0 N–H and O–H groups in total. The third kappa shape index (κ3) is 5.21. The summed E-state index contributed by atoms with van der Waals surface area (Å²) in [5, 5.41) is 10.5. The Balaban J connectivity index is 1.60. The van der Waals surface area contributed by atoms with E-state index in [1.54, 1.807) is 59.2 Å². The summed E-state index contributed by atoms with van der Waals surface area (Å²) in [5.74, 6) is 0.230. The molecule has 0 radical (unpaired) electrons. The lowest BCUT2D eigenvalue weighted by atomic mass is 9.94. The monoisotopic (exact) mass is 620 g/mol. The molecule has 0 amide bonds. The van der Waals surface area contributed by atoms with Gasteiger partial charge in [0.1, 0.15) is 5.82 Å². The number of ether oxygens (including phenoxy) is 1. The van der Waals surface area contributed by atoms with E-state index in [2.05, 4.69) is 4.90 Å². The Labute approximate surface area is 253 Å². The zero-order chi connectivity index (χ0) is 29.4. The zero-order valence-corrected chi connectivity index (χ0v) is 24.7. The SMILES string of the molecule is N#Cc1cccc(S(=O)(=O)N2c3ccc(CN4CCOCC4)c(=O)n3[C@H](c3ccc(Cl)cc3)[C@@H]2c2ccc(Cl)cc2)c1. The minimum atomic E-state index is -4.26. The molecule has 3 aromatic carbocycles. The summed E-state index contributed by atoms with van der Waals surface area (Å²) in [6.45, 7) is 2.99. The van der Waals surface area contributed by atoms with Crippen LogP contribution in [-0.2, 0) is 21.3 Å². The molecule has 8 nitrogen and oxygen atoms in total. The maximum atomic E-state index is 14.5. The minimum Gasteiger partial charge on any atom is -0.379 e. The van der Waals surface area contributed by atoms with Gasteiger partial charge in [-0.15, -0.1) is 0 Å². The van der Waals surface area contributed by atoms with Crippen molar-refractivity contribution >= 4 is 39.0 Å². The van der Waals surface area contributed by atoms with Gasteiger partial charge in [0, 0.05) is 35.2 Å². The van der Waals surface area contributed by atoms with Crippen LogP contribution in [-0.4, -0.2) is 44.2 Å². The molecule has 214 valence electrons. The largest absolute Gasteiger partial charge is 0.379 e. The molecule has 0 saturated carbocycles. The van der Waals surface area contributed by atoms with Gasteiger partial charge in [-0.25, -0.2) is 12.7 Å². The van der Waals surface area contributed by atoms with Gasteiger partial charge in [0.2, 0.25) is 0 Å². The van der Waals surface area contributed by atoms with Gasteiger partial charge in [-0.2, -0.15) is 5.26 Å². The normalized spacial score (nSPS) is 18.9. The van der Waals surface area contributed by atoms with Crippen LogP contribution in [0.2, 0.25) is 10.0 Å². The molecule has 0 bridgehead atoms. The summed E-state index contributed by atoms with van der Waals surface area (Å²) < 4.78 is 37.3. The summed E-state index contributed by atoms with van der Waals surface area (Å²) in [5.41, 5.74) is 1.86. The summed E-state index contributed by atoms with van der Waals surface area (Å²) >= 11 is 12.5. The van der Waals surface area contributed by atoms with Crippen molar-refractivity contribution in [2.45, 2.75) is 23.5 Å². The molecule has 1 saturated heterocycles. The number of nitriles is 1. The second kappa shape index (κ2) is 11.6. The number of morpholine rings is 1. The third-order valence-electron chi connectivity index (χ3n) is 7.67. The highest BCUT2D eigenvalue weighted by Gasteiger charge is 2.47. The molecule has 2 atom stereocenters. The Bertz CT molecular complexity index is 1830. The van der Waals surface area contributed by atoms with Crippen molar-refractivity contribution in [1.29, 1.82) is 5.26 Å². The Hall–Kier alpha value is -3.65. The number of fused-ring (bicyclic) bond motifs is 1. The van der Waals surface area contributed by atoms with Crippen LogP contribution < -0.4 is 9.86 Å². The predicted molar refractivity (Wildman–Crippen MR) is 161 cm³/mol. The van der Waals surface area contributed by atoms with Crippen molar-refractivity contribution in [2.75, 3.05) is 30.6 Å². The van der Waals surface area contributed by atoms with Gasteiger partial charge in [0.15, 0.2) is 0 Å². The van der Waals surface area contributed by atoms with E-state index in [9.17, 15) is 18.5 Å². The van der Waals surface area contributed by atoms with Crippen LogP contribution in [0.5, 0.6) is 0 Å². The van der Waals surface area contributed by atoms with E-state index >= 15 is 0 Å². The predicted octanol–water partition coefficient (Wildman–Crippen LogP) is 5.40. The highest BCUT2D eigenvalue weighted by molar-refractivity contribution is 7.92. The fraction of sp³-hybridized carbons (Fsp3) is 0.226. The van der Waals surface area contributed by atoms with Gasteiger partial charge in [0.05, 0.1) is 41.8 Å². The first-order valence-corrected chi connectivity index (χ1v) is 15.6. The van der Waals surface area contributed by atoms with Crippen molar-refractivity contribution in [3.63, 3.8) is 0 Å². The number of sulfonamides is 1. The lowest BCUT2D eigenvalue weighted by molar-refractivity contribution is 0.0339. The number of nitrogens with zero attached hydrogens (tertiary/aromatic N) is 4. The summed E-state index contributed by atoms with van der Waals surface area (Å²) in [7, 11) is -4.26. The highest BCUT2D eigenvalue weighted by atomic mass is 35.5. The molecule has 1 fully saturated rings. The third-order valence-corrected chi connectivity index (χ3v) is 9.96. The summed E-state index contributed by atoms with van der Waals surface area (Å²) in [6.07, 6.45) is 0. The summed E-state index contributed by atoms with van der Waals surface area (Å²) in [6, 6.07) is 23.8. The number of rotatable bonds is 6. The first-order chi connectivity index (χ1) is 20.3. The van der Waals surface area contributed by atoms with Crippen molar-refractivity contribution in [3.05, 3.63) is 128 Å². The molecule has 6 rings (SSSR count). The van der Waals surface area contributed by atoms with E-state index in [4.69, 9.17) is 27.9 Å². The quantitative estimate of drug-likeness (QED) is 0.286. The van der Waals surface area contributed by atoms with Crippen LogP contribution in [0.1, 0.15) is 34.3 Å². The van der Waals surface area contributed by atoms with Crippen LogP contribution in [0.4, 0.5) is 5.82 Å². The molecule has 0 spiro atoms. The molecule has 0 unspecified atom stereocenters. The average molecular weight is 622 g/mol. The second-order valence-electron chi connectivity index (χ2n) is 10.2. The van der Waals surface area contributed by atoms with Crippen LogP contribution in [0, 0.1) is 11.3 Å². The average Bonchev–Trinajstić information content (AvgIpc) is 3.36.